The Morgan fingerprint density at radius 2 is 1.53 bits per heavy atom. The molecule has 10 heteroatoms. The van der Waals surface area contributed by atoms with Crippen LogP contribution >= 0.6 is 11.6 Å². The highest BCUT2D eigenvalue weighted by Crippen LogP contribution is 2.25. The minimum Gasteiger partial charge on any atom is -0.497 e. The van der Waals surface area contributed by atoms with Gasteiger partial charge in [-0.2, -0.15) is 0 Å². The van der Waals surface area contributed by atoms with Gasteiger partial charge < -0.3 is 25.0 Å². The van der Waals surface area contributed by atoms with Crippen LogP contribution in [0.1, 0.15) is 5.56 Å². The fraction of sp³-hybridized carbons (Fsp3) is 0.250. The number of nitrogens with one attached hydrogen (secondary N) is 1. The molecule has 2 aromatic carbocycles. The summed E-state index contributed by atoms with van der Waals surface area (Å²) in [4.78, 5) is 32.3. The fourth-order valence-electron chi connectivity index (χ4n) is 2.30. The second-order valence-corrected chi connectivity index (χ2v) is 6.43. The number of methoxy groups -OCH3 is 2. The van der Waals surface area contributed by atoms with Gasteiger partial charge in [-0.05, 0) is 18.7 Å². The Morgan fingerprint density at radius 3 is 2.00 bits per heavy atom. The average Bonchev–Trinajstić information content (AvgIpc) is 2.69. The topological polar surface area (TPSA) is 125 Å². The molecule has 0 spiro atoms. The van der Waals surface area contributed by atoms with Gasteiger partial charge in [0.05, 0.1) is 20.8 Å². The van der Waals surface area contributed by atoms with E-state index >= 15 is 0 Å². The van der Waals surface area contributed by atoms with Gasteiger partial charge in [0.25, 0.3) is 0 Å². The number of halogens is 1. The van der Waals surface area contributed by atoms with Crippen molar-refractivity contribution in [3.05, 3.63) is 53.1 Å². The Kier molecular flexibility index (Phi) is 10.1. The summed E-state index contributed by atoms with van der Waals surface area (Å²) in [6, 6.07) is 12.8. The van der Waals surface area contributed by atoms with Gasteiger partial charge in [0.2, 0.25) is 5.91 Å². The van der Waals surface area contributed by atoms with Crippen molar-refractivity contribution in [3.8, 4) is 11.5 Å². The van der Waals surface area contributed by atoms with Crippen molar-refractivity contribution in [2.75, 3.05) is 33.1 Å². The van der Waals surface area contributed by atoms with Crippen LogP contribution in [-0.4, -0.2) is 60.8 Å². The van der Waals surface area contributed by atoms with Crippen LogP contribution in [-0.2, 0) is 20.9 Å². The van der Waals surface area contributed by atoms with Gasteiger partial charge in [0.1, 0.15) is 11.5 Å². The number of likely N-dealkylation sites (N-methyl/N-ethyl adjacent to an activating group) is 1. The van der Waals surface area contributed by atoms with Crippen molar-refractivity contribution in [1.82, 2.24) is 4.90 Å². The van der Waals surface area contributed by atoms with Crippen molar-refractivity contribution in [2.24, 2.45) is 0 Å². The zero-order valence-corrected chi connectivity index (χ0v) is 17.5. The van der Waals surface area contributed by atoms with E-state index < -0.39 is 11.9 Å². The summed E-state index contributed by atoms with van der Waals surface area (Å²) in [5.41, 5.74) is 1.61. The summed E-state index contributed by atoms with van der Waals surface area (Å²) in [7, 11) is 5.00. The second kappa shape index (κ2) is 12.3. The molecule has 0 saturated heterocycles. The van der Waals surface area contributed by atoms with Gasteiger partial charge in [0, 0.05) is 35.5 Å². The summed E-state index contributed by atoms with van der Waals surface area (Å²) >= 11 is 6.15. The van der Waals surface area contributed by atoms with Crippen LogP contribution in [0, 0.1) is 0 Å². The maximum absolute atomic E-state index is 12.2. The first-order valence-corrected chi connectivity index (χ1v) is 8.95. The molecule has 0 bridgehead atoms. The molecule has 2 aromatic rings. The molecule has 9 nitrogen and oxygen atoms in total. The van der Waals surface area contributed by atoms with Gasteiger partial charge in [-0.1, -0.05) is 29.8 Å². The number of amides is 1. The molecule has 2 rings (SSSR count). The molecule has 0 heterocycles. The number of rotatable bonds is 7. The van der Waals surface area contributed by atoms with Crippen molar-refractivity contribution in [2.45, 2.75) is 6.54 Å². The van der Waals surface area contributed by atoms with Crippen molar-refractivity contribution in [1.29, 1.82) is 0 Å². The van der Waals surface area contributed by atoms with Crippen LogP contribution in [0.4, 0.5) is 5.69 Å². The van der Waals surface area contributed by atoms with E-state index in [0.717, 1.165) is 5.56 Å². The van der Waals surface area contributed by atoms with E-state index in [9.17, 15) is 4.79 Å². The maximum Gasteiger partial charge on any atom is 0.414 e. The predicted molar refractivity (Wildman–Crippen MR) is 111 cm³/mol. The number of benzene rings is 2. The molecule has 0 fully saturated rings. The number of carbonyl (C=O) groups is 3. The summed E-state index contributed by atoms with van der Waals surface area (Å²) in [5, 5.41) is 18.3. The third kappa shape index (κ3) is 8.80. The molecule has 0 aliphatic rings. The summed E-state index contributed by atoms with van der Waals surface area (Å²) in [5.74, 6) is -2.53. The lowest BCUT2D eigenvalue weighted by molar-refractivity contribution is -0.159. The SMILES string of the molecule is COc1cc(NC(=O)CN(C)Cc2ccccc2Cl)cc(OC)c1.O=C(O)C(=O)O. The number of ether oxygens (including phenoxy) is 2. The fourth-order valence-corrected chi connectivity index (χ4v) is 2.49. The van der Waals surface area contributed by atoms with Gasteiger partial charge in [-0.25, -0.2) is 9.59 Å². The van der Waals surface area contributed by atoms with Crippen molar-refractivity contribution < 1.29 is 34.1 Å². The quantitative estimate of drug-likeness (QED) is 0.563. The molecule has 1 amide bonds. The highest BCUT2D eigenvalue weighted by molar-refractivity contribution is 6.31. The third-order valence-electron chi connectivity index (χ3n) is 3.63. The average molecular weight is 439 g/mol. The molecule has 0 aliphatic carbocycles. The largest absolute Gasteiger partial charge is 0.497 e. The first-order valence-electron chi connectivity index (χ1n) is 8.57. The van der Waals surface area contributed by atoms with E-state index in [1.54, 1.807) is 32.4 Å². The molecular weight excluding hydrogens is 416 g/mol. The molecule has 30 heavy (non-hydrogen) atoms. The standard InChI is InChI=1S/C18H21ClN2O3.C2H2O4/c1-21(11-13-6-4-5-7-17(13)19)12-18(22)20-14-8-15(23-2)10-16(9-14)24-3;3-1(4)2(5)6/h4-10H,11-12H2,1-3H3,(H,20,22);(H,3,4)(H,5,6). The van der Waals surface area contributed by atoms with E-state index in [1.807, 2.05) is 36.2 Å². The molecule has 0 unspecified atom stereocenters. The van der Waals surface area contributed by atoms with E-state index in [2.05, 4.69) is 5.32 Å². The molecule has 0 radical (unpaired) electrons. The highest BCUT2D eigenvalue weighted by atomic mass is 35.5. The minimum atomic E-state index is -1.82. The molecular formula is C20H23ClN2O7. The lowest BCUT2D eigenvalue weighted by Crippen LogP contribution is -2.29. The molecule has 0 aromatic heterocycles. The highest BCUT2D eigenvalue weighted by Gasteiger charge is 2.10. The zero-order chi connectivity index (χ0) is 22.7. The number of nitrogens with zero attached hydrogens (tertiary/aromatic N) is 1. The number of carboxylic acid groups (broad SMARTS) is 2. The molecule has 0 aliphatic heterocycles. The number of hydrogen-bond donors (Lipinski definition) is 3. The van der Waals surface area contributed by atoms with Gasteiger partial charge in [-0.15, -0.1) is 0 Å². The number of carboxylic acids is 2. The first-order chi connectivity index (χ1) is 14.2. The Labute approximate surface area is 178 Å². The van der Waals surface area contributed by atoms with Crippen LogP contribution in [0.5, 0.6) is 11.5 Å². The normalized spacial score (nSPS) is 9.90. The van der Waals surface area contributed by atoms with Crippen molar-refractivity contribution >= 4 is 35.1 Å². The van der Waals surface area contributed by atoms with Crippen LogP contribution in [0.3, 0.4) is 0 Å². The second-order valence-electron chi connectivity index (χ2n) is 6.02. The number of anilines is 1. The van der Waals surface area contributed by atoms with E-state index in [0.29, 0.717) is 28.8 Å². The molecule has 0 saturated carbocycles. The predicted octanol–water partition coefficient (Wildman–Crippen LogP) is 2.58. The van der Waals surface area contributed by atoms with Crippen LogP contribution in [0.15, 0.2) is 42.5 Å². The number of hydrogen-bond acceptors (Lipinski definition) is 6. The molecule has 0 atom stereocenters. The Bertz CT molecular complexity index is 855. The van der Waals surface area contributed by atoms with E-state index in [1.165, 1.54) is 0 Å². The lowest BCUT2D eigenvalue weighted by atomic mass is 10.2. The Hall–Kier alpha value is -3.30. The van der Waals surface area contributed by atoms with E-state index in [4.69, 9.17) is 40.9 Å². The zero-order valence-electron chi connectivity index (χ0n) is 16.7. The van der Waals surface area contributed by atoms with Crippen LogP contribution in [0.25, 0.3) is 0 Å². The summed E-state index contributed by atoms with van der Waals surface area (Å²) in [6.07, 6.45) is 0. The Balaban J connectivity index is 0.000000656. The minimum absolute atomic E-state index is 0.125. The molecule has 3 N–H and O–H groups in total. The van der Waals surface area contributed by atoms with Crippen LogP contribution < -0.4 is 14.8 Å². The first kappa shape index (κ1) is 24.7. The third-order valence-corrected chi connectivity index (χ3v) is 4.00. The monoisotopic (exact) mass is 438 g/mol. The van der Waals surface area contributed by atoms with Gasteiger partial charge >= 0.3 is 11.9 Å². The van der Waals surface area contributed by atoms with Gasteiger partial charge in [0.15, 0.2) is 0 Å². The molecule has 162 valence electrons. The number of carbonyl (C=O) groups excluding carboxylic acids is 1. The van der Waals surface area contributed by atoms with Crippen LogP contribution in [0.2, 0.25) is 5.02 Å². The summed E-state index contributed by atoms with van der Waals surface area (Å²) in [6.45, 7) is 0.833. The lowest BCUT2D eigenvalue weighted by Gasteiger charge is -2.17. The Morgan fingerprint density at radius 1 is 1.00 bits per heavy atom. The van der Waals surface area contributed by atoms with Crippen molar-refractivity contribution in [3.63, 3.8) is 0 Å². The number of aliphatic carboxylic acids is 2. The van der Waals surface area contributed by atoms with E-state index in [-0.39, 0.29) is 12.5 Å². The maximum atomic E-state index is 12.2. The summed E-state index contributed by atoms with van der Waals surface area (Å²) < 4.78 is 10.4. The van der Waals surface area contributed by atoms with Gasteiger partial charge in [-0.3, -0.25) is 9.69 Å². The smallest absolute Gasteiger partial charge is 0.414 e.